The van der Waals surface area contributed by atoms with Crippen molar-refractivity contribution in [3.05, 3.63) is 35.7 Å². The molecule has 0 fully saturated rings. The van der Waals surface area contributed by atoms with Crippen molar-refractivity contribution in [3.63, 3.8) is 0 Å². The third-order valence-electron chi connectivity index (χ3n) is 3.88. The summed E-state index contributed by atoms with van der Waals surface area (Å²) in [6.07, 6.45) is 5.73. The van der Waals surface area contributed by atoms with E-state index < -0.39 is 0 Å². The third-order valence-corrected chi connectivity index (χ3v) is 3.88. The largest absolute Gasteiger partial charge is 0.348 e. The van der Waals surface area contributed by atoms with Gasteiger partial charge in [-0.05, 0) is 23.5 Å². The van der Waals surface area contributed by atoms with Gasteiger partial charge in [0.05, 0.1) is 0 Å². The third kappa shape index (κ3) is 1.37. The molecular weight excluding hydrogens is 182 g/mol. The molecule has 0 amide bonds. The first kappa shape index (κ1) is 10.5. The van der Waals surface area contributed by atoms with E-state index in [-0.39, 0.29) is 5.41 Å². The molecular formula is C14H21N. The molecule has 1 heterocycles. The van der Waals surface area contributed by atoms with Crippen LogP contribution in [-0.4, -0.2) is 11.9 Å². The van der Waals surface area contributed by atoms with Crippen LogP contribution in [-0.2, 0) is 0 Å². The normalized spacial score (nSPS) is 27.3. The van der Waals surface area contributed by atoms with Gasteiger partial charge in [-0.1, -0.05) is 40.3 Å². The SMILES string of the molecule is C=C1N(C)C2=C(CC(C)(C)C=C2)C1(C)C. The minimum atomic E-state index is 0.131. The highest BCUT2D eigenvalue weighted by atomic mass is 15.2. The number of rotatable bonds is 0. The average molecular weight is 203 g/mol. The Hall–Kier alpha value is -0.980. The fraction of sp³-hybridized carbons (Fsp3) is 0.571. The van der Waals surface area contributed by atoms with Crippen LogP contribution in [0.2, 0.25) is 0 Å². The van der Waals surface area contributed by atoms with Gasteiger partial charge in [-0.3, -0.25) is 0 Å². The Labute approximate surface area is 93.2 Å². The van der Waals surface area contributed by atoms with Crippen molar-refractivity contribution < 1.29 is 0 Å². The molecule has 0 aromatic heterocycles. The molecule has 0 unspecified atom stereocenters. The van der Waals surface area contributed by atoms with E-state index in [1.165, 1.54) is 11.4 Å². The summed E-state index contributed by atoms with van der Waals surface area (Å²) < 4.78 is 0. The Bertz CT molecular complexity index is 380. The van der Waals surface area contributed by atoms with Gasteiger partial charge in [0, 0.05) is 23.9 Å². The van der Waals surface area contributed by atoms with Crippen LogP contribution in [0.5, 0.6) is 0 Å². The molecule has 15 heavy (non-hydrogen) atoms. The van der Waals surface area contributed by atoms with Gasteiger partial charge in [-0.15, -0.1) is 0 Å². The van der Waals surface area contributed by atoms with Crippen LogP contribution < -0.4 is 0 Å². The predicted molar refractivity (Wildman–Crippen MR) is 65.2 cm³/mol. The zero-order valence-electron chi connectivity index (χ0n) is 10.5. The van der Waals surface area contributed by atoms with Crippen LogP contribution in [0, 0.1) is 10.8 Å². The maximum atomic E-state index is 4.21. The van der Waals surface area contributed by atoms with Crippen LogP contribution in [0.1, 0.15) is 34.1 Å². The number of hydrogen-bond donors (Lipinski definition) is 0. The fourth-order valence-electron chi connectivity index (χ4n) is 2.60. The van der Waals surface area contributed by atoms with Crippen LogP contribution in [0.4, 0.5) is 0 Å². The molecule has 0 N–H and O–H groups in total. The van der Waals surface area contributed by atoms with Gasteiger partial charge in [0.1, 0.15) is 0 Å². The van der Waals surface area contributed by atoms with E-state index in [1.54, 1.807) is 5.57 Å². The second-order valence-corrected chi connectivity index (χ2v) is 5.99. The van der Waals surface area contributed by atoms with Crippen LogP contribution in [0.15, 0.2) is 35.7 Å². The van der Waals surface area contributed by atoms with Crippen molar-refractivity contribution >= 4 is 0 Å². The lowest BCUT2D eigenvalue weighted by atomic mass is 9.72. The van der Waals surface area contributed by atoms with E-state index >= 15 is 0 Å². The molecule has 1 heteroatoms. The number of allylic oxidation sites excluding steroid dienone is 3. The van der Waals surface area contributed by atoms with E-state index in [2.05, 4.69) is 58.4 Å². The maximum absolute atomic E-state index is 4.21. The molecule has 0 radical (unpaired) electrons. The lowest BCUT2D eigenvalue weighted by Gasteiger charge is -2.31. The van der Waals surface area contributed by atoms with Crippen molar-refractivity contribution in [2.45, 2.75) is 34.1 Å². The van der Waals surface area contributed by atoms with E-state index in [9.17, 15) is 0 Å². The highest BCUT2D eigenvalue weighted by Crippen LogP contribution is 2.52. The van der Waals surface area contributed by atoms with Crippen molar-refractivity contribution in [1.29, 1.82) is 0 Å². The fourth-order valence-corrected chi connectivity index (χ4v) is 2.60. The molecule has 0 spiro atoms. The standard InChI is InChI=1S/C14H21N/c1-10-14(4,5)11-9-13(2,3)8-7-12(11)15(10)6/h7-8H,1,9H2,2-6H3. The predicted octanol–water partition coefficient (Wildman–Crippen LogP) is 3.71. The second-order valence-electron chi connectivity index (χ2n) is 5.99. The minimum Gasteiger partial charge on any atom is -0.348 e. The summed E-state index contributed by atoms with van der Waals surface area (Å²) in [6.45, 7) is 13.4. The summed E-state index contributed by atoms with van der Waals surface area (Å²) in [5, 5.41) is 0. The Morgan fingerprint density at radius 3 is 2.47 bits per heavy atom. The zero-order valence-corrected chi connectivity index (χ0v) is 10.5. The van der Waals surface area contributed by atoms with Gasteiger partial charge in [0.25, 0.3) is 0 Å². The first-order valence-corrected chi connectivity index (χ1v) is 5.62. The molecule has 1 aliphatic carbocycles. The molecule has 0 bridgehead atoms. The van der Waals surface area contributed by atoms with Crippen LogP contribution in [0.3, 0.4) is 0 Å². The number of hydrogen-bond acceptors (Lipinski definition) is 1. The molecule has 1 nitrogen and oxygen atoms in total. The van der Waals surface area contributed by atoms with Gasteiger partial charge < -0.3 is 4.90 Å². The lowest BCUT2D eigenvalue weighted by Crippen LogP contribution is -2.20. The maximum Gasteiger partial charge on any atom is 0.0404 e. The first-order valence-electron chi connectivity index (χ1n) is 5.62. The molecule has 0 atom stereocenters. The Kier molecular flexibility index (Phi) is 1.95. The molecule has 0 aromatic rings. The quantitative estimate of drug-likeness (QED) is 0.580. The molecule has 0 saturated carbocycles. The molecule has 0 saturated heterocycles. The Morgan fingerprint density at radius 2 is 1.87 bits per heavy atom. The number of likely N-dealkylation sites (N-methyl/N-ethyl adjacent to an activating group) is 1. The van der Waals surface area contributed by atoms with Crippen LogP contribution >= 0.6 is 0 Å². The van der Waals surface area contributed by atoms with Gasteiger partial charge in [0.2, 0.25) is 0 Å². The summed E-state index contributed by atoms with van der Waals surface area (Å²) >= 11 is 0. The average Bonchev–Trinajstić information content (AvgIpc) is 2.27. The van der Waals surface area contributed by atoms with Gasteiger partial charge >= 0.3 is 0 Å². The molecule has 82 valence electrons. The molecule has 2 aliphatic rings. The van der Waals surface area contributed by atoms with Gasteiger partial charge in [0.15, 0.2) is 0 Å². The lowest BCUT2D eigenvalue weighted by molar-refractivity contribution is 0.405. The summed E-state index contributed by atoms with van der Waals surface area (Å²) in [4.78, 5) is 2.24. The van der Waals surface area contributed by atoms with E-state index in [0.29, 0.717) is 5.41 Å². The zero-order chi connectivity index (χ0) is 11.4. The van der Waals surface area contributed by atoms with E-state index in [0.717, 1.165) is 6.42 Å². The minimum absolute atomic E-state index is 0.131. The van der Waals surface area contributed by atoms with Crippen molar-refractivity contribution in [3.8, 4) is 0 Å². The van der Waals surface area contributed by atoms with Gasteiger partial charge in [-0.2, -0.15) is 0 Å². The second kappa shape index (κ2) is 2.78. The first-order chi connectivity index (χ1) is 6.76. The Balaban J connectivity index is 2.49. The van der Waals surface area contributed by atoms with E-state index in [1.807, 2.05) is 0 Å². The van der Waals surface area contributed by atoms with E-state index in [4.69, 9.17) is 0 Å². The summed E-state index contributed by atoms with van der Waals surface area (Å²) in [6, 6.07) is 0. The highest BCUT2D eigenvalue weighted by molar-refractivity contribution is 5.46. The smallest absolute Gasteiger partial charge is 0.0404 e. The number of nitrogens with zero attached hydrogens (tertiary/aromatic N) is 1. The van der Waals surface area contributed by atoms with Crippen LogP contribution in [0.25, 0.3) is 0 Å². The van der Waals surface area contributed by atoms with Crippen molar-refractivity contribution in [1.82, 2.24) is 4.90 Å². The topological polar surface area (TPSA) is 3.24 Å². The summed E-state index contributed by atoms with van der Waals surface area (Å²) in [7, 11) is 2.12. The Morgan fingerprint density at radius 1 is 1.27 bits per heavy atom. The van der Waals surface area contributed by atoms with Crippen molar-refractivity contribution in [2.75, 3.05) is 7.05 Å². The summed E-state index contributed by atoms with van der Waals surface area (Å²) in [5.41, 5.74) is 4.55. The molecule has 2 rings (SSSR count). The molecule has 0 aromatic carbocycles. The van der Waals surface area contributed by atoms with Crippen molar-refractivity contribution in [2.24, 2.45) is 10.8 Å². The monoisotopic (exact) mass is 203 g/mol. The van der Waals surface area contributed by atoms with Gasteiger partial charge in [-0.25, -0.2) is 0 Å². The highest BCUT2D eigenvalue weighted by Gasteiger charge is 2.41. The molecule has 1 aliphatic heterocycles. The summed E-state index contributed by atoms with van der Waals surface area (Å²) in [5.74, 6) is 0.